The van der Waals surface area contributed by atoms with Gasteiger partial charge in [-0.15, -0.1) is 0 Å². The number of hydrogen-bond donors (Lipinski definition) is 1. The molecule has 27 heavy (non-hydrogen) atoms. The summed E-state index contributed by atoms with van der Waals surface area (Å²) in [5.41, 5.74) is 0.519. The summed E-state index contributed by atoms with van der Waals surface area (Å²) in [6.07, 6.45) is 1.45. The van der Waals surface area contributed by atoms with Crippen molar-refractivity contribution in [2.45, 2.75) is 26.0 Å². The maximum Gasteiger partial charge on any atom is 0.387 e. The van der Waals surface area contributed by atoms with Gasteiger partial charge in [0.05, 0.1) is 19.6 Å². The fourth-order valence-corrected chi connectivity index (χ4v) is 3.03. The predicted octanol–water partition coefficient (Wildman–Crippen LogP) is 2.64. The van der Waals surface area contributed by atoms with Crippen LogP contribution in [0.4, 0.5) is 8.78 Å². The van der Waals surface area contributed by atoms with Gasteiger partial charge in [-0.3, -0.25) is 9.69 Å². The van der Waals surface area contributed by atoms with Gasteiger partial charge in [0.2, 0.25) is 11.7 Å². The molecule has 1 aromatic carbocycles. The van der Waals surface area contributed by atoms with E-state index in [1.165, 1.54) is 25.3 Å². The number of alkyl halides is 2. The van der Waals surface area contributed by atoms with E-state index in [0.717, 1.165) is 13.0 Å². The minimum absolute atomic E-state index is 0.0898. The Balaban J connectivity index is 1.71. The molecule has 0 radical (unpaired) electrons. The fraction of sp³-hybridized carbons (Fsp3) is 0.471. The van der Waals surface area contributed by atoms with Gasteiger partial charge in [0.25, 0.3) is 0 Å². The second-order valence-electron chi connectivity index (χ2n) is 6.17. The summed E-state index contributed by atoms with van der Waals surface area (Å²) < 4.78 is 39.5. The summed E-state index contributed by atoms with van der Waals surface area (Å²) >= 11 is 0. The highest BCUT2D eigenvalue weighted by Gasteiger charge is 2.26. The van der Waals surface area contributed by atoms with Gasteiger partial charge in [-0.1, -0.05) is 5.16 Å². The summed E-state index contributed by atoms with van der Waals surface area (Å²) in [6.45, 7) is -1.42. The molecular weight excluding hydrogens is 364 g/mol. The zero-order valence-electron chi connectivity index (χ0n) is 14.6. The number of piperidine rings is 1. The zero-order valence-corrected chi connectivity index (χ0v) is 14.6. The lowest BCUT2D eigenvalue weighted by molar-refractivity contribution is -0.143. The topological polar surface area (TPSA) is 97.9 Å². The molecule has 8 nitrogen and oxygen atoms in total. The Morgan fingerprint density at radius 3 is 2.96 bits per heavy atom. The molecule has 1 fully saturated rings. The van der Waals surface area contributed by atoms with Gasteiger partial charge < -0.3 is 19.1 Å². The van der Waals surface area contributed by atoms with E-state index in [1.54, 1.807) is 0 Å². The van der Waals surface area contributed by atoms with Crippen LogP contribution in [0, 0.1) is 5.92 Å². The van der Waals surface area contributed by atoms with Gasteiger partial charge in [0, 0.05) is 12.1 Å². The van der Waals surface area contributed by atoms with E-state index < -0.39 is 18.5 Å². The van der Waals surface area contributed by atoms with Crippen LogP contribution in [0.1, 0.15) is 18.7 Å². The number of halogens is 2. The van der Waals surface area contributed by atoms with Crippen molar-refractivity contribution in [3.63, 3.8) is 0 Å². The molecule has 146 valence electrons. The smallest absolute Gasteiger partial charge is 0.387 e. The third-order valence-electron chi connectivity index (χ3n) is 4.32. The van der Waals surface area contributed by atoms with E-state index in [0.29, 0.717) is 31.0 Å². The number of carboxylic acid groups (broad SMARTS) is 1. The van der Waals surface area contributed by atoms with Crippen LogP contribution >= 0.6 is 0 Å². The Bertz CT molecular complexity index is 799. The molecule has 1 aromatic heterocycles. The first-order chi connectivity index (χ1) is 13.0. The molecule has 1 saturated heterocycles. The number of aromatic nitrogens is 2. The highest BCUT2D eigenvalue weighted by Crippen LogP contribution is 2.32. The van der Waals surface area contributed by atoms with E-state index in [1.807, 2.05) is 4.90 Å². The number of likely N-dealkylation sites (tertiary alicyclic amines) is 1. The quantitative estimate of drug-likeness (QED) is 0.779. The Kier molecular flexibility index (Phi) is 5.84. The summed E-state index contributed by atoms with van der Waals surface area (Å²) in [5, 5.41) is 13.1. The maximum absolute atomic E-state index is 12.4. The molecular formula is C17H19F2N3O5. The number of nitrogens with zero attached hydrogens (tertiary/aromatic N) is 3. The number of rotatable bonds is 7. The molecule has 1 aliphatic rings. The lowest BCUT2D eigenvalue weighted by atomic mass is 9.98. The number of benzene rings is 1. The van der Waals surface area contributed by atoms with E-state index in [2.05, 4.69) is 14.9 Å². The summed E-state index contributed by atoms with van der Waals surface area (Å²) in [5.74, 6) is -0.536. The van der Waals surface area contributed by atoms with Crippen LogP contribution in [0.2, 0.25) is 0 Å². The maximum atomic E-state index is 12.4. The highest BCUT2D eigenvalue weighted by molar-refractivity contribution is 5.70. The molecule has 10 heteroatoms. The van der Waals surface area contributed by atoms with Crippen molar-refractivity contribution in [2.75, 3.05) is 20.2 Å². The molecule has 1 unspecified atom stereocenters. The first kappa shape index (κ1) is 19.0. The molecule has 0 amide bonds. The van der Waals surface area contributed by atoms with E-state index in [4.69, 9.17) is 14.4 Å². The molecule has 0 aliphatic carbocycles. The van der Waals surface area contributed by atoms with Crippen LogP contribution in [-0.4, -0.2) is 52.9 Å². The number of methoxy groups -OCH3 is 1. The molecule has 0 bridgehead atoms. The van der Waals surface area contributed by atoms with Crippen molar-refractivity contribution in [3.8, 4) is 22.9 Å². The minimum Gasteiger partial charge on any atom is -0.493 e. The Labute approximate surface area is 153 Å². The second-order valence-corrected chi connectivity index (χ2v) is 6.17. The van der Waals surface area contributed by atoms with Crippen LogP contribution in [0.5, 0.6) is 11.5 Å². The van der Waals surface area contributed by atoms with Gasteiger partial charge in [-0.25, -0.2) is 0 Å². The standard InChI is InChI=1S/C17H19F2N3O5/c1-25-13-7-10(4-5-12(13)26-17(18)19)15-20-14(27-21-15)9-22-6-2-3-11(8-22)16(23)24/h4-5,7,11,17H,2-3,6,8-9H2,1H3,(H,23,24). The molecule has 1 aliphatic heterocycles. The molecule has 2 heterocycles. The van der Waals surface area contributed by atoms with E-state index in [9.17, 15) is 13.6 Å². The average Bonchev–Trinajstić information content (AvgIpc) is 3.10. The predicted molar refractivity (Wildman–Crippen MR) is 88.6 cm³/mol. The Hall–Kier alpha value is -2.75. The van der Waals surface area contributed by atoms with Crippen molar-refractivity contribution >= 4 is 5.97 Å². The first-order valence-corrected chi connectivity index (χ1v) is 8.37. The normalized spacial score (nSPS) is 17.9. The van der Waals surface area contributed by atoms with Crippen molar-refractivity contribution in [1.82, 2.24) is 15.0 Å². The van der Waals surface area contributed by atoms with Gasteiger partial charge in [-0.05, 0) is 37.6 Å². The van der Waals surface area contributed by atoms with E-state index in [-0.39, 0.29) is 17.3 Å². The lowest BCUT2D eigenvalue weighted by Crippen LogP contribution is -2.38. The lowest BCUT2D eigenvalue weighted by Gasteiger charge is -2.29. The number of ether oxygens (including phenoxy) is 2. The van der Waals surface area contributed by atoms with Crippen LogP contribution < -0.4 is 9.47 Å². The fourth-order valence-electron chi connectivity index (χ4n) is 3.03. The van der Waals surface area contributed by atoms with Crippen LogP contribution in [0.3, 0.4) is 0 Å². The monoisotopic (exact) mass is 383 g/mol. The third-order valence-corrected chi connectivity index (χ3v) is 4.32. The van der Waals surface area contributed by atoms with Gasteiger partial charge >= 0.3 is 12.6 Å². The Morgan fingerprint density at radius 1 is 1.44 bits per heavy atom. The molecule has 0 spiro atoms. The van der Waals surface area contributed by atoms with Crippen LogP contribution in [0.25, 0.3) is 11.4 Å². The molecule has 3 rings (SSSR count). The number of hydrogen-bond acceptors (Lipinski definition) is 7. The molecule has 2 aromatic rings. The van der Waals surface area contributed by atoms with Crippen molar-refractivity contribution in [1.29, 1.82) is 0 Å². The molecule has 0 saturated carbocycles. The summed E-state index contributed by atoms with van der Waals surface area (Å²) in [4.78, 5) is 17.4. The van der Waals surface area contributed by atoms with Gasteiger partial charge in [0.1, 0.15) is 0 Å². The third kappa shape index (κ3) is 4.70. The van der Waals surface area contributed by atoms with Crippen molar-refractivity contribution < 1.29 is 32.7 Å². The number of aliphatic carboxylic acids is 1. The van der Waals surface area contributed by atoms with E-state index >= 15 is 0 Å². The molecule has 1 atom stereocenters. The summed E-state index contributed by atoms with van der Waals surface area (Å²) in [7, 11) is 1.34. The second kappa shape index (κ2) is 8.30. The first-order valence-electron chi connectivity index (χ1n) is 8.37. The zero-order chi connectivity index (χ0) is 19.4. The van der Waals surface area contributed by atoms with Gasteiger partial charge in [0.15, 0.2) is 11.5 Å². The highest BCUT2D eigenvalue weighted by atomic mass is 19.3. The summed E-state index contributed by atoms with van der Waals surface area (Å²) in [6, 6.07) is 4.35. The Morgan fingerprint density at radius 2 is 2.26 bits per heavy atom. The average molecular weight is 383 g/mol. The number of carbonyl (C=O) groups is 1. The van der Waals surface area contributed by atoms with Gasteiger partial charge in [-0.2, -0.15) is 13.8 Å². The van der Waals surface area contributed by atoms with Crippen LogP contribution in [0.15, 0.2) is 22.7 Å². The largest absolute Gasteiger partial charge is 0.493 e. The minimum atomic E-state index is -2.96. The number of carboxylic acids is 1. The van der Waals surface area contributed by atoms with Crippen molar-refractivity contribution in [3.05, 3.63) is 24.1 Å². The molecule has 1 N–H and O–H groups in total. The SMILES string of the molecule is COc1cc(-c2noc(CN3CCCC(C(=O)O)C3)n2)ccc1OC(F)F. The van der Waals surface area contributed by atoms with Crippen LogP contribution in [-0.2, 0) is 11.3 Å². The van der Waals surface area contributed by atoms with Crippen molar-refractivity contribution in [2.24, 2.45) is 5.92 Å².